The van der Waals surface area contributed by atoms with E-state index in [1.807, 2.05) is 18.2 Å². The summed E-state index contributed by atoms with van der Waals surface area (Å²) in [5.74, 6) is 1.63. The molecule has 1 aliphatic rings. The zero-order valence-electron chi connectivity index (χ0n) is 9.05. The molecule has 0 bridgehead atoms. The maximum atomic E-state index is 5.52. The lowest BCUT2D eigenvalue weighted by atomic mass is 10.2. The zero-order chi connectivity index (χ0) is 11.5. The lowest BCUT2D eigenvalue weighted by Crippen LogP contribution is -2.15. The van der Waals surface area contributed by atoms with Crippen molar-refractivity contribution < 1.29 is 9.47 Å². The van der Waals surface area contributed by atoms with Gasteiger partial charge in [-0.15, -0.1) is 10.2 Å². The van der Waals surface area contributed by atoms with E-state index in [-0.39, 0.29) is 0 Å². The number of nitrogens with one attached hydrogen (secondary N) is 1. The minimum absolute atomic E-state index is 0.611. The highest BCUT2D eigenvalue weighted by atomic mass is 32.1. The van der Waals surface area contributed by atoms with E-state index in [0.717, 1.165) is 22.2 Å². The highest BCUT2D eigenvalue weighted by Crippen LogP contribution is 2.30. The summed E-state index contributed by atoms with van der Waals surface area (Å²) in [6.07, 6.45) is 0. The van der Waals surface area contributed by atoms with Crippen molar-refractivity contribution in [3.63, 3.8) is 0 Å². The van der Waals surface area contributed by atoms with Gasteiger partial charge in [0.2, 0.25) is 5.13 Å². The van der Waals surface area contributed by atoms with E-state index in [9.17, 15) is 0 Å². The smallest absolute Gasteiger partial charge is 0.205 e. The van der Waals surface area contributed by atoms with E-state index in [0.29, 0.717) is 19.8 Å². The summed E-state index contributed by atoms with van der Waals surface area (Å²) < 4.78 is 11.0. The molecule has 0 fully saturated rings. The van der Waals surface area contributed by atoms with Crippen molar-refractivity contribution >= 4 is 16.5 Å². The van der Waals surface area contributed by atoms with Crippen LogP contribution in [-0.4, -0.2) is 23.4 Å². The summed E-state index contributed by atoms with van der Waals surface area (Å²) in [5, 5.41) is 11.7. The number of ether oxygens (including phenoxy) is 2. The number of aromatic nitrogens is 2. The minimum Gasteiger partial charge on any atom is -0.486 e. The lowest BCUT2D eigenvalue weighted by Gasteiger charge is -2.18. The standard InChI is InChI=1S/C11H11N3O2S/c1-2-9-10(16-4-3-15-9)5-8(1)6-12-11-14-13-7-17-11/h1-2,5,7H,3-4,6H2,(H,12,14). The van der Waals surface area contributed by atoms with Crippen LogP contribution in [0.25, 0.3) is 0 Å². The first kappa shape index (κ1) is 10.3. The molecule has 2 aromatic rings. The van der Waals surface area contributed by atoms with Gasteiger partial charge >= 0.3 is 0 Å². The van der Waals surface area contributed by atoms with Crippen LogP contribution < -0.4 is 14.8 Å². The number of hydrogen-bond donors (Lipinski definition) is 1. The van der Waals surface area contributed by atoms with E-state index in [2.05, 4.69) is 15.5 Å². The highest BCUT2D eigenvalue weighted by Gasteiger charge is 2.11. The number of benzene rings is 1. The molecule has 0 radical (unpaired) electrons. The Morgan fingerprint density at radius 1 is 1.24 bits per heavy atom. The van der Waals surface area contributed by atoms with Crippen molar-refractivity contribution in [2.45, 2.75) is 6.54 Å². The van der Waals surface area contributed by atoms with Gasteiger partial charge in [0.1, 0.15) is 18.7 Å². The van der Waals surface area contributed by atoms with E-state index >= 15 is 0 Å². The normalized spacial score (nSPS) is 13.4. The van der Waals surface area contributed by atoms with Crippen molar-refractivity contribution in [2.75, 3.05) is 18.5 Å². The Bertz CT molecular complexity index is 501. The molecular weight excluding hydrogens is 238 g/mol. The molecule has 5 nitrogen and oxygen atoms in total. The fraction of sp³-hybridized carbons (Fsp3) is 0.273. The largest absolute Gasteiger partial charge is 0.486 e. The third kappa shape index (κ3) is 2.31. The van der Waals surface area contributed by atoms with Gasteiger partial charge in [0, 0.05) is 6.54 Å². The molecule has 0 saturated carbocycles. The number of anilines is 1. The average molecular weight is 249 g/mol. The van der Waals surface area contributed by atoms with Gasteiger partial charge < -0.3 is 14.8 Å². The molecule has 17 heavy (non-hydrogen) atoms. The van der Waals surface area contributed by atoms with Gasteiger partial charge in [0.25, 0.3) is 0 Å². The van der Waals surface area contributed by atoms with Crippen LogP contribution in [0.2, 0.25) is 0 Å². The molecule has 2 heterocycles. The van der Waals surface area contributed by atoms with E-state index in [1.165, 1.54) is 11.3 Å². The second-order valence-electron chi connectivity index (χ2n) is 3.58. The predicted octanol–water partition coefficient (Wildman–Crippen LogP) is 1.92. The SMILES string of the molecule is c1nnc(NCc2ccc3c(c2)OCCO3)s1. The second kappa shape index (κ2) is 4.58. The van der Waals surface area contributed by atoms with Crippen LogP contribution in [0.1, 0.15) is 5.56 Å². The van der Waals surface area contributed by atoms with Crippen molar-refractivity contribution in [1.29, 1.82) is 0 Å². The Morgan fingerprint density at radius 2 is 2.12 bits per heavy atom. The molecule has 1 aliphatic heterocycles. The van der Waals surface area contributed by atoms with Crippen LogP contribution in [-0.2, 0) is 6.54 Å². The Balaban J connectivity index is 1.71. The molecule has 88 valence electrons. The molecule has 3 rings (SSSR count). The van der Waals surface area contributed by atoms with Crippen LogP contribution in [0.15, 0.2) is 23.7 Å². The molecule has 1 aromatic carbocycles. The van der Waals surface area contributed by atoms with Crippen molar-refractivity contribution in [2.24, 2.45) is 0 Å². The lowest BCUT2D eigenvalue weighted by molar-refractivity contribution is 0.171. The van der Waals surface area contributed by atoms with Crippen LogP contribution >= 0.6 is 11.3 Å². The Kier molecular flexibility index (Phi) is 2.79. The third-order valence-electron chi connectivity index (χ3n) is 2.41. The summed E-state index contributed by atoms with van der Waals surface area (Å²) in [6, 6.07) is 5.94. The minimum atomic E-state index is 0.611. The fourth-order valence-corrected chi connectivity index (χ4v) is 2.07. The molecule has 0 unspecified atom stereocenters. The molecule has 0 spiro atoms. The van der Waals surface area contributed by atoms with Gasteiger partial charge in [-0.3, -0.25) is 0 Å². The van der Waals surface area contributed by atoms with Gasteiger partial charge in [-0.25, -0.2) is 0 Å². The number of rotatable bonds is 3. The molecule has 1 N–H and O–H groups in total. The van der Waals surface area contributed by atoms with Crippen LogP contribution in [0.4, 0.5) is 5.13 Å². The molecule has 0 amide bonds. The summed E-state index contributed by atoms with van der Waals surface area (Å²) in [5.41, 5.74) is 2.83. The first-order valence-corrected chi connectivity index (χ1v) is 6.18. The van der Waals surface area contributed by atoms with Crippen LogP contribution in [0, 0.1) is 0 Å². The van der Waals surface area contributed by atoms with Crippen molar-refractivity contribution in [1.82, 2.24) is 10.2 Å². The van der Waals surface area contributed by atoms with Gasteiger partial charge in [-0.05, 0) is 17.7 Å². The predicted molar refractivity (Wildman–Crippen MR) is 64.7 cm³/mol. The third-order valence-corrected chi connectivity index (χ3v) is 3.06. The van der Waals surface area contributed by atoms with E-state index in [4.69, 9.17) is 9.47 Å². The zero-order valence-corrected chi connectivity index (χ0v) is 9.87. The van der Waals surface area contributed by atoms with Crippen LogP contribution in [0.3, 0.4) is 0 Å². The number of nitrogens with zero attached hydrogens (tertiary/aromatic N) is 2. The fourth-order valence-electron chi connectivity index (χ4n) is 1.63. The van der Waals surface area contributed by atoms with E-state index < -0.39 is 0 Å². The van der Waals surface area contributed by atoms with Gasteiger partial charge in [0.05, 0.1) is 0 Å². The Morgan fingerprint density at radius 3 is 2.94 bits per heavy atom. The van der Waals surface area contributed by atoms with Gasteiger partial charge in [0.15, 0.2) is 11.5 Å². The van der Waals surface area contributed by atoms with Crippen molar-refractivity contribution in [3.8, 4) is 11.5 Å². The first-order valence-electron chi connectivity index (χ1n) is 5.30. The molecule has 6 heteroatoms. The second-order valence-corrected chi connectivity index (χ2v) is 4.41. The van der Waals surface area contributed by atoms with Crippen LogP contribution in [0.5, 0.6) is 11.5 Å². The van der Waals surface area contributed by atoms with Gasteiger partial charge in [-0.1, -0.05) is 17.4 Å². The molecule has 1 aromatic heterocycles. The number of hydrogen-bond acceptors (Lipinski definition) is 6. The topological polar surface area (TPSA) is 56.3 Å². The Labute approximate surface area is 102 Å². The Hall–Kier alpha value is -1.82. The molecule has 0 atom stereocenters. The summed E-state index contributed by atoms with van der Waals surface area (Å²) in [4.78, 5) is 0. The van der Waals surface area contributed by atoms with Gasteiger partial charge in [-0.2, -0.15) is 0 Å². The molecule has 0 saturated heterocycles. The summed E-state index contributed by atoms with van der Waals surface area (Å²) in [6.45, 7) is 1.93. The maximum absolute atomic E-state index is 5.52. The number of fused-ring (bicyclic) bond motifs is 1. The molecular formula is C11H11N3O2S. The van der Waals surface area contributed by atoms with Crippen molar-refractivity contribution in [3.05, 3.63) is 29.3 Å². The maximum Gasteiger partial charge on any atom is 0.205 e. The first-order chi connectivity index (χ1) is 8.42. The monoisotopic (exact) mass is 249 g/mol. The summed E-state index contributed by atoms with van der Waals surface area (Å²) in [7, 11) is 0. The average Bonchev–Trinajstić information content (AvgIpc) is 2.89. The molecule has 0 aliphatic carbocycles. The highest BCUT2D eigenvalue weighted by molar-refractivity contribution is 7.13. The van der Waals surface area contributed by atoms with E-state index in [1.54, 1.807) is 5.51 Å². The summed E-state index contributed by atoms with van der Waals surface area (Å²) >= 11 is 1.48. The quantitative estimate of drug-likeness (QED) is 0.900.